The number of halogens is 1. The third kappa shape index (κ3) is 4.11. The Bertz CT molecular complexity index is 1030. The maximum absolute atomic E-state index is 12.6. The fourth-order valence-electron chi connectivity index (χ4n) is 2.29. The molecule has 0 saturated carbocycles. The Hall–Kier alpha value is -3.29. The number of non-ortho nitro benzene ring substituents is 1. The molecule has 0 amide bonds. The highest BCUT2D eigenvalue weighted by molar-refractivity contribution is 6.33. The van der Waals surface area contributed by atoms with E-state index < -0.39 is 16.4 Å². The fourth-order valence-corrected chi connectivity index (χ4v) is 2.44. The lowest BCUT2D eigenvalue weighted by Crippen LogP contribution is -2.22. The summed E-state index contributed by atoms with van der Waals surface area (Å²) in [5.74, 6) is -0.527. The Balaban J connectivity index is 2.61. The van der Waals surface area contributed by atoms with Crippen molar-refractivity contribution in [2.45, 2.75) is 19.9 Å². The smallest absolute Gasteiger partial charge is 0.281 e. The predicted octanol–water partition coefficient (Wildman–Crippen LogP) is 3.09. The highest BCUT2D eigenvalue weighted by Gasteiger charge is 2.19. The van der Waals surface area contributed by atoms with Gasteiger partial charge in [0.1, 0.15) is 17.3 Å². The molecule has 0 aliphatic heterocycles. The number of aliphatic hydroxyl groups excluding tert-OH is 1. The van der Waals surface area contributed by atoms with Crippen LogP contribution in [0.2, 0.25) is 5.02 Å². The van der Waals surface area contributed by atoms with Gasteiger partial charge in [0, 0.05) is 30.8 Å². The zero-order valence-corrected chi connectivity index (χ0v) is 14.8. The summed E-state index contributed by atoms with van der Waals surface area (Å²) in [5, 5.41) is 46.9. The Kier molecular flexibility index (Phi) is 6.23. The average molecular weight is 392 g/mol. The van der Waals surface area contributed by atoms with Gasteiger partial charge in [-0.05, 0) is 19.4 Å². The quantitative estimate of drug-likeness (QED) is 0.438. The molecule has 0 bridgehead atoms. The number of azo groups is 1. The molecule has 2 N–H and O–H groups in total. The van der Waals surface area contributed by atoms with Crippen molar-refractivity contribution in [3.05, 3.63) is 54.8 Å². The van der Waals surface area contributed by atoms with E-state index in [1.807, 2.05) is 0 Å². The van der Waals surface area contributed by atoms with Gasteiger partial charge in [0.25, 0.3) is 11.2 Å². The number of benzene rings is 1. The lowest BCUT2D eigenvalue weighted by atomic mass is 10.1. The van der Waals surface area contributed by atoms with E-state index in [1.54, 1.807) is 6.07 Å². The minimum Gasteiger partial charge on any atom is -0.493 e. The van der Waals surface area contributed by atoms with Gasteiger partial charge < -0.3 is 10.2 Å². The molecule has 1 aromatic carbocycles. The van der Waals surface area contributed by atoms with Crippen LogP contribution in [0, 0.1) is 28.4 Å². The molecule has 11 heteroatoms. The van der Waals surface area contributed by atoms with Crippen LogP contribution in [0.3, 0.4) is 0 Å². The lowest BCUT2D eigenvalue weighted by molar-refractivity contribution is -0.384. The Morgan fingerprint density at radius 2 is 2.11 bits per heavy atom. The minimum absolute atomic E-state index is 0.0295. The Morgan fingerprint density at radius 1 is 1.41 bits per heavy atom. The number of nitriles is 1. The Labute approximate surface area is 157 Å². The van der Waals surface area contributed by atoms with E-state index in [4.69, 9.17) is 16.7 Å². The molecule has 0 saturated heterocycles. The van der Waals surface area contributed by atoms with Crippen LogP contribution in [0.5, 0.6) is 5.88 Å². The first kappa shape index (κ1) is 20.0. The first-order valence-electron chi connectivity index (χ1n) is 7.64. The van der Waals surface area contributed by atoms with Crippen LogP contribution < -0.4 is 5.56 Å². The molecule has 2 rings (SSSR count). The highest BCUT2D eigenvalue weighted by Crippen LogP contribution is 2.32. The van der Waals surface area contributed by atoms with Gasteiger partial charge in [0.05, 0.1) is 9.95 Å². The second kappa shape index (κ2) is 8.39. The summed E-state index contributed by atoms with van der Waals surface area (Å²) in [6.07, 6.45) is 0.175. The van der Waals surface area contributed by atoms with Crippen molar-refractivity contribution in [1.29, 1.82) is 5.26 Å². The largest absolute Gasteiger partial charge is 0.493 e. The van der Waals surface area contributed by atoms with Crippen LogP contribution in [-0.4, -0.2) is 26.3 Å². The SMILES string of the molecule is Cc1c(C#N)c(O)n(CCCO)c(=O)c1N=Nc1cc([N+](=O)[O-])ccc1Cl. The van der Waals surface area contributed by atoms with Gasteiger partial charge in [0.15, 0.2) is 5.69 Å². The lowest BCUT2D eigenvalue weighted by Gasteiger charge is -2.12. The normalized spacial score (nSPS) is 10.9. The van der Waals surface area contributed by atoms with Gasteiger partial charge in [-0.3, -0.25) is 19.5 Å². The molecule has 0 aliphatic carbocycles. The van der Waals surface area contributed by atoms with Crippen LogP contribution in [0.25, 0.3) is 0 Å². The van der Waals surface area contributed by atoms with Crippen molar-refractivity contribution in [3.8, 4) is 11.9 Å². The molecule has 140 valence electrons. The van der Waals surface area contributed by atoms with E-state index in [-0.39, 0.29) is 52.8 Å². The summed E-state index contributed by atoms with van der Waals surface area (Å²) in [6, 6.07) is 5.36. The topological polar surface area (TPSA) is 154 Å². The highest BCUT2D eigenvalue weighted by atomic mass is 35.5. The molecule has 1 heterocycles. The van der Waals surface area contributed by atoms with Crippen molar-refractivity contribution in [2.75, 3.05) is 6.61 Å². The summed E-state index contributed by atoms with van der Waals surface area (Å²) >= 11 is 5.95. The first-order chi connectivity index (χ1) is 12.8. The molecule has 2 aromatic rings. The molecular formula is C16H14ClN5O5. The maximum Gasteiger partial charge on any atom is 0.281 e. The van der Waals surface area contributed by atoms with Crippen molar-refractivity contribution in [1.82, 2.24) is 4.57 Å². The average Bonchev–Trinajstić information content (AvgIpc) is 2.63. The Morgan fingerprint density at radius 3 is 2.70 bits per heavy atom. The third-order valence-corrected chi connectivity index (χ3v) is 4.03. The summed E-state index contributed by atoms with van der Waals surface area (Å²) in [4.78, 5) is 22.8. The second-order valence-corrected chi connectivity index (χ2v) is 5.82. The van der Waals surface area contributed by atoms with E-state index in [0.717, 1.165) is 10.6 Å². The molecule has 1 aromatic heterocycles. The number of rotatable bonds is 6. The standard InChI is InChI=1S/C16H14ClN5O5/c1-9-11(8-18)15(24)21(5-2-6-23)16(25)14(9)20-19-13-7-10(22(26)27)3-4-12(13)17/h3-4,7,23-24H,2,5-6H2,1H3. The van der Waals surface area contributed by atoms with Crippen LogP contribution in [0.4, 0.5) is 17.1 Å². The van der Waals surface area contributed by atoms with E-state index in [0.29, 0.717) is 0 Å². The van der Waals surface area contributed by atoms with Gasteiger partial charge in [-0.15, -0.1) is 10.2 Å². The van der Waals surface area contributed by atoms with Crippen LogP contribution in [-0.2, 0) is 6.54 Å². The van der Waals surface area contributed by atoms with Crippen LogP contribution >= 0.6 is 11.6 Å². The number of hydrogen-bond donors (Lipinski definition) is 2. The van der Waals surface area contributed by atoms with E-state index in [2.05, 4.69) is 10.2 Å². The number of aliphatic hydroxyl groups is 1. The second-order valence-electron chi connectivity index (χ2n) is 5.41. The molecule has 0 radical (unpaired) electrons. The molecule has 27 heavy (non-hydrogen) atoms. The summed E-state index contributed by atoms with van der Waals surface area (Å²) < 4.78 is 0.908. The number of hydrogen-bond acceptors (Lipinski definition) is 8. The number of aromatic nitrogens is 1. The molecule has 0 aliphatic rings. The minimum atomic E-state index is -0.720. The van der Waals surface area contributed by atoms with Gasteiger partial charge in [-0.1, -0.05) is 11.6 Å². The number of nitro benzene ring substituents is 1. The number of nitro groups is 1. The predicted molar refractivity (Wildman–Crippen MR) is 95.8 cm³/mol. The zero-order valence-electron chi connectivity index (χ0n) is 14.1. The molecular weight excluding hydrogens is 378 g/mol. The number of pyridine rings is 1. The van der Waals surface area contributed by atoms with E-state index >= 15 is 0 Å². The van der Waals surface area contributed by atoms with Crippen LogP contribution in [0.1, 0.15) is 17.5 Å². The molecule has 0 atom stereocenters. The van der Waals surface area contributed by atoms with Gasteiger partial charge >= 0.3 is 0 Å². The molecule has 0 unspecified atom stereocenters. The molecule has 0 fully saturated rings. The van der Waals surface area contributed by atoms with Crippen molar-refractivity contribution >= 4 is 28.7 Å². The molecule has 0 spiro atoms. The van der Waals surface area contributed by atoms with Crippen molar-refractivity contribution < 1.29 is 15.1 Å². The maximum atomic E-state index is 12.6. The summed E-state index contributed by atoms with van der Waals surface area (Å²) in [5.41, 5.74) is -1.28. The van der Waals surface area contributed by atoms with E-state index in [1.165, 1.54) is 19.1 Å². The zero-order chi connectivity index (χ0) is 20.1. The third-order valence-electron chi connectivity index (χ3n) is 3.71. The van der Waals surface area contributed by atoms with Gasteiger partial charge in [-0.2, -0.15) is 5.26 Å². The van der Waals surface area contributed by atoms with Gasteiger partial charge in [-0.25, -0.2) is 0 Å². The van der Waals surface area contributed by atoms with Crippen LogP contribution in [0.15, 0.2) is 33.2 Å². The van der Waals surface area contributed by atoms with Crippen molar-refractivity contribution in [2.24, 2.45) is 10.2 Å². The monoisotopic (exact) mass is 391 g/mol. The summed E-state index contributed by atoms with van der Waals surface area (Å²) in [7, 11) is 0. The van der Waals surface area contributed by atoms with Crippen molar-refractivity contribution in [3.63, 3.8) is 0 Å². The summed E-state index contributed by atoms with van der Waals surface area (Å²) in [6.45, 7) is 1.16. The number of aromatic hydroxyl groups is 1. The molecule has 10 nitrogen and oxygen atoms in total. The number of nitrogens with zero attached hydrogens (tertiary/aromatic N) is 5. The first-order valence-corrected chi connectivity index (χ1v) is 8.02. The van der Waals surface area contributed by atoms with E-state index in [9.17, 15) is 25.3 Å². The van der Waals surface area contributed by atoms with Gasteiger partial charge in [0.2, 0.25) is 5.88 Å². The fraction of sp³-hybridized carbons (Fsp3) is 0.250.